The number of likely N-dealkylation sites (tertiary alicyclic amines) is 1. The molecule has 1 saturated heterocycles. The highest BCUT2D eigenvalue weighted by atomic mass is 19.1. The number of carbonyl (C=O) groups excluding carboxylic acids is 3. The molecule has 238 valence electrons. The smallest absolute Gasteiger partial charge is 0.258 e. The van der Waals surface area contributed by atoms with Crippen molar-refractivity contribution < 1.29 is 33.0 Å². The van der Waals surface area contributed by atoms with Crippen LogP contribution >= 0.6 is 0 Å². The monoisotopic (exact) mass is 621 g/mol. The number of carbonyl (C=O) groups is 3. The maximum absolute atomic E-state index is 14.6. The average molecular weight is 622 g/mol. The highest BCUT2D eigenvalue weighted by molar-refractivity contribution is 5.80. The molecule has 3 N–H and O–H groups in total. The van der Waals surface area contributed by atoms with E-state index >= 15 is 0 Å². The maximum Gasteiger partial charge on any atom is 0.258 e. The number of piperidine rings is 1. The number of aryl methyl sites for hydroxylation is 3. The van der Waals surface area contributed by atoms with Crippen LogP contribution in [0.1, 0.15) is 41.1 Å². The Labute approximate surface area is 259 Å². The fraction of sp³-hybridized carbons (Fsp3) is 0.406. The Morgan fingerprint density at radius 3 is 2.69 bits per heavy atom. The fourth-order valence-electron chi connectivity index (χ4n) is 5.55. The Bertz CT molecular complexity index is 1660. The van der Waals surface area contributed by atoms with Crippen LogP contribution in [0.5, 0.6) is 17.2 Å². The van der Waals surface area contributed by atoms with E-state index in [1.165, 1.54) is 19.2 Å². The summed E-state index contributed by atoms with van der Waals surface area (Å²) in [7, 11) is 1.49. The number of ether oxygens (including phenoxy) is 3. The van der Waals surface area contributed by atoms with Crippen molar-refractivity contribution in [1.29, 1.82) is 0 Å². The van der Waals surface area contributed by atoms with Gasteiger partial charge in [0.25, 0.3) is 11.5 Å². The van der Waals surface area contributed by atoms with Gasteiger partial charge in [0.1, 0.15) is 23.5 Å². The summed E-state index contributed by atoms with van der Waals surface area (Å²) in [5.41, 5.74) is 1.71. The molecule has 3 aromatic rings. The quantitative estimate of drug-likeness (QED) is 0.401. The molecule has 2 aliphatic heterocycles. The van der Waals surface area contributed by atoms with Gasteiger partial charge in [-0.3, -0.25) is 19.2 Å². The Morgan fingerprint density at radius 2 is 1.91 bits per heavy atom. The van der Waals surface area contributed by atoms with Gasteiger partial charge in [0, 0.05) is 49.8 Å². The Hall–Kier alpha value is -4.94. The maximum atomic E-state index is 14.6. The standard InChI is InChI=1S/C32H36FN5O7/c1-18-24(32(42)36-19(2)35-18)14-31(41)38-9-8-26-25(16-38)37-30(40)17-44-28-12-20(4-6-27(28)43-3)5-7-29(39)34-15-21-10-22(33)13-23(11-21)45-26/h4,6,10-13,25-26H,5,7-9,14-17H2,1-3H3,(H,34,39)(H,37,40)(H,35,36,42)/t25-,26-/m1/s1. The zero-order valence-electron chi connectivity index (χ0n) is 25.4. The summed E-state index contributed by atoms with van der Waals surface area (Å²) in [5, 5.41) is 5.74. The van der Waals surface area contributed by atoms with Crippen LogP contribution in [0, 0.1) is 19.7 Å². The first-order valence-corrected chi connectivity index (χ1v) is 14.7. The highest BCUT2D eigenvalue weighted by Gasteiger charge is 2.35. The van der Waals surface area contributed by atoms with Crippen molar-refractivity contribution in [1.82, 2.24) is 25.5 Å². The molecule has 2 atom stereocenters. The van der Waals surface area contributed by atoms with Gasteiger partial charge in [-0.1, -0.05) is 6.07 Å². The number of methoxy groups -OCH3 is 1. The molecule has 2 aromatic carbocycles. The number of fused-ring (bicyclic) bond motifs is 5. The number of hydrogen-bond acceptors (Lipinski definition) is 8. The Morgan fingerprint density at radius 1 is 1.09 bits per heavy atom. The largest absolute Gasteiger partial charge is 0.493 e. The first-order chi connectivity index (χ1) is 21.6. The number of nitrogens with zero attached hydrogens (tertiary/aromatic N) is 2. The molecule has 3 heterocycles. The molecule has 2 aliphatic rings. The molecule has 0 unspecified atom stereocenters. The lowest BCUT2D eigenvalue weighted by Crippen LogP contribution is -2.59. The Balaban J connectivity index is 1.40. The van der Waals surface area contributed by atoms with Gasteiger partial charge in [0.05, 0.1) is 19.6 Å². The number of H-pyrrole nitrogens is 1. The van der Waals surface area contributed by atoms with Crippen LogP contribution in [0.25, 0.3) is 0 Å². The van der Waals surface area contributed by atoms with Crippen LogP contribution in [0.2, 0.25) is 0 Å². The molecule has 3 amide bonds. The van der Waals surface area contributed by atoms with E-state index in [2.05, 4.69) is 20.6 Å². The van der Waals surface area contributed by atoms with Gasteiger partial charge >= 0.3 is 0 Å². The minimum absolute atomic E-state index is 0.0858. The summed E-state index contributed by atoms with van der Waals surface area (Å²) in [5.74, 6) is -0.0553. The van der Waals surface area contributed by atoms with Crippen LogP contribution < -0.4 is 30.4 Å². The van der Waals surface area contributed by atoms with Gasteiger partial charge in [-0.05, 0) is 55.7 Å². The molecule has 5 rings (SSSR count). The van der Waals surface area contributed by atoms with Crippen molar-refractivity contribution >= 4 is 17.7 Å². The summed E-state index contributed by atoms with van der Waals surface area (Å²) in [6.45, 7) is 3.46. The SMILES string of the molecule is COc1ccc2cc1OCC(=O)N[C@@H]1CN(C(=O)Cc3c(C)nc(C)[nH]c3=O)CC[C@H]1Oc1cc(F)cc(c1)CNC(=O)CC2. The third-order valence-corrected chi connectivity index (χ3v) is 7.85. The number of aromatic nitrogens is 2. The van der Waals surface area contributed by atoms with Crippen molar-refractivity contribution in [2.24, 2.45) is 0 Å². The number of benzene rings is 2. The van der Waals surface area contributed by atoms with Gasteiger partial charge in [-0.15, -0.1) is 0 Å². The molecule has 1 fully saturated rings. The van der Waals surface area contributed by atoms with E-state index in [0.717, 1.165) is 5.56 Å². The van der Waals surface area contributed by atoms with E-state index in [9.17, 15) is 23.6 Å². The van der Waals surface area contributed by atoms with Gasteiger partial charge in [0.2, 0.25) is 11.8 Å². The topological polar surface area (TPSA) is 152 Å². The number of amides is 3. The minimum atomic E-state index is -0.687. The van der Waals surface area contributed by atoms with Crippen LogP contribution in [0.15, 0.2) is 41.2 Å². The summed E-state index contributed by atoms with van der Waals surface area (Å²) in [4.78, 5) is 60.1. The van der Waals surface area contributed by atoms with Crippen LogP contribution in [-0.4, -0.2) is 71.5 Å². The number of hydrogen-bond donors (Lipinski definition) is 3. The number of aromatic amines is 1. The van der Waals surface area contributed by atoms with Crippen molar-refractivity contribution in [3.8, 4) is 17.2 Å². The average Bonchev–Trinajstić information content (AvgIpc) is 2.99. The second-order valence-electron chi connectivity index (χ2n) is 11.2. The summed E-state index contributed by atoms with van der Waals surface area (Å²) >= 11 is 0. The number of halogens is 1. The molecule has 0 spiro atoms. The van der Waals surface area contributed by atoms with Crippen LogP contribution in [0.3, 0.4) is 0 Å². The van der Waals surface area contributed by atoms with Gasteiger partial charge in [0.15, 0.2) is 18.1 Å². The molecular weight excluding hydrogens is 585 g/mol. The predicted molar refractivity (Wildman–Crippen MR) is 161 cm³/mol. The van der Waals surface area contributed by atoms with Crippen LogP contribution in [-0.2, 0) is 33.8 Å². The van der Waals surface area contributed by atoms with E-state index in [4.69, 9.17) is 14.2 Å². The van der Waals surface area contributed by atoms with E-state index in [0.29, 0.717) is 41.4 Å². The number of nitrogens with one attached hydrogen (secondary N) is 3. The normalized spacial score (nSPS) is 19.1. The van der Waals surface area contributed by atoms with Gasteiger partial charge < -0.3 is 34.7 Å². The molecule has 12 nitrogen and oxygen atoms in total. The van der Waals surface area contributed by atoms with Crippen molar-refractivity contribution in [3.05, 3.63) is 80.8 Å². The van der Waals surface area contributed by atoms with Crippen molar-refractivity contribution in [2.45, 2.75) is 58.2 Å². The van der Waals surface area contributed by atoms with Crippen molar-refractivity contribution in [3.63, 3.8) is 0 Å². The molecular formula is C32H36FN5O7. The minimum Gasteiger partial charge on any atom is -0.493 e. The molecule has 4 bridgehead atoms. The first kappa shape index (κ1) is 31.5. The first-order valence-electron chi connectivity index (χ1n) is 14.7. The number of rotatable bonds is 3. The van der Waals surface area contributed by atoms with Gasteiger partial charge in [-0.25, -0.2) is 9.37 Å². The molecule has 0 radical (unpaired) electrons. The lowest BCUT2D eigenvalue weighted by atomic mass is 10.0. The molecule has 45 heavy (non-hydrogen) atoms. The van der Waals surface area contributed by atoms with Crippen LogP contribution in [0.4, 0.5) is 4.39 Å². The fourth-order valence-corrected chi connectivity index (χ4v) is 5.55. The Kier molecular flexibility index (Phi) is 9.65. The lowest BCUT2D eigenvalue weighted by molar-refractivity contribution is -0.135. The summed E-state index contributed by atoms with van der Waals surface area (Å²) < 4.78 is 32.0. The van der Waals surface area contributed by atoms with E-state index in [1.807, 2.05) is 6.07 Å². The molecule has 1 aromatic heterocycles. The van der Waals surface area contributed by atoms with E-state index in [1.54, 1.807) is 36.9 Å². The van der Waals surface area contributed by atoms with E-state index < -0.39 is 23.9 Å². The lowest BCUT2D eigenvalue weighted by Gasteiger charge is -2.39. The predicted octanol–water partition coefficient (Wildman–Crippen LogP) is 1.88. The zero-order chi connectivity index (χ0) is 32.1. The second-order valence-corrected chi connectivity index (χ2v) is 11.2. The summed E-state index contributed by atoms with van der Waals surface area (Å²) in [6.07, 6.45) is 0.146. The third-order valence-electron chi connectivity index (χ3n) is 7.85. The molecule has 0 saturated carbocycles. The summed E-state index contributed by atoms with van der Waals surface area (Å²) in [6, 6.07) is 8.75. The van der Waals surface area contributed by atoms with Crippen molar-refractivity contribution in [2.75, 3.05) is 26.8 Å². The van der Waals surface area contributed by atoms with E-state index in [-0.39, 0.29) is 67.8 Å². The highest BCUT2D eigenvalue weighted by Crippen LogP contribution is 2.29. The van der Waals surface area contributed by atoms with Gasteiger partial charge in [-0.2, -0.15) is 0 Å². The zero-order valence-corrected chi connectivity index (χ0v) is 25.4. The second kappa shape index (κ2) is 13.8. The third kappa shape index (κ3) is 7.97. The molecule has 13 heteroatoms. The molecule has 0 aliphatic carbocycles.